The molecule has 0 spiro atoms. The number of nitrogens with zero attached hydrogens (tertiary/aromatic N) is 1. The fourth-order valence-electron chi connectivity index (χ4n) is 3.91. The fraction of sp³-hybridized carbons (Fsp3) is 0.588. The number of benzene rings is 1. The maximum Gasteiger partial charge on any atom is 0.221 e. The molecule has 1 saturated carbocycles. The van der Waals surface area contributed by atoms with Crippen LogP contribution in [0.1, 0.15) is 43.6 Å². The van der Waals surface area contributed by atoms with Crippen LogP contribution in [0.25, 0.3) is 0 Å². The van der Waals surface area contributed by atoms with Crippen molar-refractivity contribution in [2.24, 2.45) is 11.7 Å². The van der Waals surface area contributed by atoms with Crippen molar-refractivity contribution in [1.29, 1.82) is 0 Å². The Labute approximate surface area is 125 Å². The van der Waals surface area contributed by atoms with Gasteiger partial charge in [-0.2, -0.15) is 0 Å². The van der Waals surface area contributed by atoms with Crippen LogP contribution in [0.3, 0.4) is 0 Å². The molecule has 2 N–H and O–H groups in total. The third kappa shape index (κ3) is 3.10. The van der Waals surface area contributed by atoms with Crippen molar-refractivity contribution in [1.82, 2.24) is 4.90 Å². The van der Waals surface area contributed by atoms with Crippen LogP contribution in [0.2, 0.25) is 0 Å². The zero-order valence-electron chi connectivity index (χ0n) is 12.3. The summed E-state index contributed by atoms with van der Waals surface area (Å²) in [5.41, 5.74) is 6.26. The number of amides is 1. The van der Waals surface area contributed by atoms with Gasteiger partial charge in [0.1, 0.15) is 5.82 Å². The van der Waals surface area contributed by atoms with Gasteiger partial charge in [0.2, 0.25) is 5.91 Å². The van der Waals surface area contributed by atoms with E-state index < -0.39 is 0 Å². The molecule has 3 nitrogen and oxygen atoms in total. The van der Waals surface area contributed by atoms with Gasteiger partial charge in [0.25, 0.3) is 0 Å². The third-order valence-corrected chi connectivity index (χ3v) is 5.18. The average molecular weight is 290 g/mol. The van der Waals surface area contributed by atoms with Crippen molar-refractivity contribution in [2.75, 3.05) is 13.1 Å². The van der Waals surface area contributed by atoms with Crippen molar-refractivity contribution in [3.05, 3.63) is 35.6 Å². The molecule has 2 aliphatic rings. The topological polar surface area (TPSA) is 46.3 Å². The Hall–Kier alpha value is -1.42. The number of hydrogen-bond acceptors (Lipinski definition) is 2. The first kappa shape index (κ1) is 14.5. The molecule has 1 aliphatic carbocycles. The van der Waals surface area contributed by atoms with Gasteiger partial charge in [0.15, 0.2) is 0 Å². The Morgan fingerprint density at radius 3 is 2.48 bits per heavy atom. The van der Waals surface area contributed by atoms with Crippen LogP contribution in [-0.2, 0) is 4.79 Å². The van der Waals surface area contributed by atoms with E-state index in [9.17, 15) is 9.18 Å². The lowest BCUT2D eigenvalue weighted by Crippen LogP contribution is -2.37. The van der Waals surface area contributed by atoms with Crippen LogP contribution in [0.15, 0.2) is 24.3 Å². The summed E-state index contributed by atoms with van der Waals surface area (Å²) >= 11 is 0. The molecule has 3 rings (SSSR count). The van der Waals surface area contributed by atoms with Crippen LogP contribution in [0, 0.1) is 11.7 Å². The van der Waals surface area contributed by atoms with Crippen molar-refractivity contribution < 1.29 is 9.18 Å². The Bertz CT molecular complexity index is 511. The number of rotatable bonds is 3. The van der Waals surface area contributed by atoms with Gasteiger partial charge in [-0.3, -0.25) is 9.69 Å². The van der Waals surface area contributed by atoms with Gasteiger partial charge >= 0.3 is 0 Å². The highest BCUT2D eigenvalue weighted by Gasteiger charge is 2.33. The van der Waals surface area contributed by atoms with Crippen molar-refractivity contribution in [3.8, 4) is 0 Å². The normalized spacial score (nSPS) is 30.4. The molecule has 0 aromatic heterocycles. The quantitative estimate of drug-likeness (QED) is 0.930. The van der Waals surface area contributed by atoms with Gasteiger partial charge in [-0.25, -0.2) is 4.39 Å². The van der Waals surface area contributed by atoms with E-state index in [0.29, 0.717) is 12.0 Å². The summed E-state index contributed by atoms with van der Waals surface area (Å²) in [7, 11) is 0. The molecule has 0 bridgehead atoms. The van der Waals surface area contributed by atoms with E-state index in [1.165, 1.54) is 0 Å². The Morgan fingerprint density at radius 2 is 1.86 bits per heavy atom. The number of primary amides is 1. The van der Waals surface area contributed by atoms with Crippen LogP contribution < -0.4 is 5.73 Å². The molecule has 21 heavy (non-hydrogen) atoms. The number of hydrogen-bond donors (Lipinski definition) is 1. The predicted molar refractivity (Wildman–Crippen MR) is 80.3 cm³/mol. The minimum Gasteiger partial charge on any atom is -0.369 e. The van der Waals surface area contributed by atoms with Gasteiger partial charge in [0, 0.05) is 12.6 Å². The van der Waals surface area contributed by atoms with E-state index in [1.807, 2.05) is 12.1 Å². The van der Waals surface area contributed by atoms with Gasteiger partial charge in [-0.1, -0.05) is 18.2 Å². The summed E-state index contributed by atoms with van der Waals surface area (Å²) in [4.78, 5) is 13.7. The second-order valence-electron chi connectivity index (χ2n) is 6.41. The monoisotopic (exact) mass is 290 g/mol. The van der Waals surface area contributed by atoms with E-state index in [0.717, 1.165) is 50.8 Å². The first-order valence-electron chi connectivity index (χ1n) is 7.93. The maximum atomic E-state index is 13.9. The van der Waals surface area contributed by atoms with Crippen molar-refractivity contribution in [2.45, 2.75) is 44.1 Å². The predicted octanol–water partition coefficient (Wildman–Crippen LogP) is 2.66. The molecule has 1 atom stereocenters. The summed E-state index contributed by atoms with van der Waals surface area (Å²) in [5.74, 6) is 0.125. The van der Waals surface area contributed by atoms with Gasteiger partial charge in [-0.05, 0) is 56.2 Å². The molecule has 1 amide bonds. The van der Waals surface area contributed by atoms with Gasteiger partial charge in [-0.15, -0.1) is 0 Å². The van der Waals surface area contributed by atoms with E-state index in [1.54, 1.807) is 12.1 Å². The zero-order valence-corrected chi connectivity index (χ0v) is 12.3. The largest absolute Gasteiger partial charge is 0.369 e. The Kier molecular flexibility index (Phi) is 4.24. The molecule has 1 aromatic carbocycles. The SMILES string of the molecule is NC(=O)C1CCN(C2CCC(c3ccccc3F)CC2)C1. The van der Waals surface area contributed by atoms with Crippen LogP contribution in [0.4, 0.5) is 4.39 Å². The molecule has 2 fully saturated rings. The molecule has 114 valence electrons. The molecule has 1 aliphatic heterocycles. The molecule has 0 radical (unpaired) electrons. The number of halogens is 1. The summed E-state index contributed by atoms with van der Waals surface area (Å²) in [6.07, 6.45) is 5.13. The number of nitrogens with two attached hydrogens (primary N) is 1. The molecule has 1 saturated heterocycles. The average Bonchev–Trinajstić information content (AvgIpc) is 2.98. The summed E-state index contributed by atoms with van der Waals surface area (Å²) in [5, 5.41) is 0. The second-order valence-corrected chi connectivity index (χ2v) is 6.41. The van der Waals surface area contributed by atoms with Crippen molar-refractivity contribution >= 4 is 5.91 Å². The van der Waals surface area contributed by atoms with E-state index in [4.69, 9.17) is 5.73 Å². The highest BCUT2D eigenvalue weighted by Crippen LogP contribution is 2.37. The van der Waals surface area contributed by atoms with E-state index in [-0.39, 0.29) is 17.6 Å². The standard InChI is InChI=1S/C17H23FN2O/c18-16-4-2-1-3-15(16)12-5-7-14(8-6-12)20-10-9-13(11-20)17(19)21/h1-4,12-14H,5-11H2,(H2,19,21). The van der Waals surface area contributed by atoms with E-state index >= 15 is 0 Å². The molecule has 1 aromatic rings. The zero-order chi connectivity index (χ0) is 14.8. The van der Waals surface area contributed by atoms with E-state index in [2.05, 4.69) is 4.90 Å². The molecule has 1 heterocycles. The highest BCUT2D eigenvalue weighted by atomic mass is 19.1. The van der Waals surface area contributed by atoms with Crippen LogP contribution >= 0.6 is 0 Å². The number of carbonyl (C=O) groups excluding carboxylic acids is 1. The summed E-state index contributed by atoms with van der Waals surface area (Å²) in [6.45, 7) is 1.78. The molecular formula is C17H23FN2O. The Morgan fingerprint density at radius 1 is 1.14 bits per heavy atom. The highest BCUT2D eigenvalue weighted by molar-refractivity contribution is 5.77. The van der Waals surface area contributed by atoms with Crippen LogP contribution in [-0.4, -0.2) is 29.9 Å². The lowest BCUT2D eigenvalue weighted by Gasteiger charge is -2.35. The van der Waals surface area contributed by atoms with Crippen LogP contribution in [0.5, 0.6) is 0 Å². The summed E-state index contributed by atoms with van der Waals surface area (Å²) < 4.78 is 13.9. The smallest absolute Gasteiger partial charge is 0.221 e. The van der Waals surface area contributed by atoms with Gasteiger partial charge in [0.05, 0.1) is 5.92 Å². The molecular weight excluding hydrogens is 267 g/mol. The molecule has 1 unspecified atom stereocenters. The van der Waals surface area contributed by atoms with Gasteiger partial charge < -0.3 is 5.73 Å². The second kappa shape index (κ2) is 6.14. The third-order valence-electron chi connectivity index (χ3n) is 5.18. The minimum atomic E-state index is -0.169. The lowest BCUT2D eigenvalue weighted by atomic mass is 9.81. The minimum absolute atomic E-state index is 0.0225. The number of likely N-dealkylation sites (tertiary alicyclic amines) is 1. The maximum absolute atomic E-state index is 13.9. The lowest BCUT2D eigenvalue weighted by molar-refractivity contribution is -0.121. The first-order chi connectivity index (χ1) is 10.1. The van der Waals surface area contributed by atoms with Crippen molar-refractivity contribution in [3.63, 3.8) is 0 Å². The number of carbonyl (C=O) groups is 1. The Balaban J connectivity index is 1.56. The fourth-order valence-corrected chi connectivity index (χ4v) is 3.91. The first-order valence-corrected chi connectivity index (χ1v) is 7.93. The molecule has 4 heteroatoms. The summed E-state index contributed by atoms with van der Waals surface area (Å²) in [6, 6.07) is 7.68.